The van der Waals surface area contributed by atoms with Crippen molar-refractivity contribution in [3.05, 3.63) is 0 Å². The number of sulfonamides is 1. The molecule has 15 heavy (non-hydrogen) atoms. The van der Waals surface area contributed by atoms with Crippen LogP contribution in [-0.4, -0.2) is 32.3 Å². The lowest BCUT2D eigenvalue weighted by molar-refractivity contribution is 0.446. The van der Waals surface area contributed by atoms with Crippen molar-refractivity contribution in [2.45, 2.75) is 49.8 Å². The summed E-state index contributed by atoms with van der Waals surface area (Å²) in [5.41, 5.74) is -0.262. The molecule has 0 aromatic rings. The maximum Gasteiger partial charge on any atom is 0.215 e. The van der Waals surface area contributed by atoms with Gasteiger partial charge in [-0.25, -0.2) is 13.1 Å². The molecular formula is C10H20N2O2S. The zero-order chi connectivity index (χ0) is 10.9. The molecule has 1 aliphatic carbocycles. The smallest absolute Gasteiger partial charge is 0.215 e. The number of nitrogens with one attached hydrogen (secondary N) is 2. The molecule has 88 valence electrons. The molecule has 2 fully saturated rings. The van der Waals surface area contributed by atoms with E-state index in [0.717, 1.165) is 45.2 Å². The van der Waals surface area contributed by atoms with Crippen LogP contribution in [-0.2, 0) is 10.0 Å². The van der Waals surface area contributed by atoms with Crippen molar-refractivity contribution in [3.63, 3.8) is 0 Å². The van der Waals surface area contributed by atoms with Crippen LogP contribution in [0.1, 0.15) is 39.0 Å². The van der Waals surface area contributed by atoms with Crippen LogP contribution in [0.3, 0.4) is 0 Å². The quantitative estimate of drug-likeness (QED) is 0.749. The van der Waals surface area contributed by atoms with Gasteiger partial charge in [0.1, 0.15) is 0 Å². The van der Waals surface area contributed by atoms with Crippen LogP contribution < -0.4 is 10.0 Å². The van der Waals surface area contributed by atoms with Gasteiger partial charge in [0, 0.05) is 12.1 Å². The summed E-state index contributed by atoms with van der Waals surface area (Å²) >= 11 is 0. The molecule has 0 aromatic heterocycles. The van der Waals surface area contributed by atoms with Gasteiger partial charge in [0.15, 0.2) is 0 Å². The molecule has 0 amide bonds. The fraction of sp³-hybridized carbons (Fsp3) is 1.00. The molecule has 0 radical (unpaired) electrons. The second-order valence-corrected chi connectivity index (χ2v) is 7.00. The largest absolute Gasteiger partial charge is 0.315 e. The zero-order valence-corrected chi connectivity index (χ0v) is 10.1. The Morgan fingerprint density at radius 3 is 2.53 bits per heavy atom. The summed E-state index contributed by atoms with van der Waals surface area (Å²) in [6.45, 7) is 3.64. The standard InChI is InChI=1S/C10H20N2O2S/c1-10(6-7-11-8-10)12-15(13,14)9-4-2-3-5-9/h9,11-12H,2-8H2,1H3. The first kappa shape index (κ1) is 11.4. The van der Waals surface area contributed by atoms with Gasteiger partial charge in [-0.05, 0) is 32.7 Å². The molecule has 1 atom stereocenters. The van der Waals surface area contributed by atoms with Crippen molar-refractivity contribution in [2.75, 3.05) is 13.1 Å². The first-order valence-corrected chi connectivity index (χ1v) is 7.30. The highest BCUT2D eigenvalue weighted by molar-refractivity contribution is 7.90. The Labute approximate surface area is 91.9 Å². The van der Waals surface area contributed by atoms with Gasteiger partial charge in [0.25, 0.3) is 0 Å². The zero-order valence-electron chi connectivity index (χ0n) is 9.25. The third-order valence-electron chi connectivity index (χ3n) is 3.50. The lowest BCUT2D eigenvalue weighted by Crippen LogP contribution is -2.50. The van der Waals surface area contributed by atoms with E-state index in [1.54, 1.807) is 0 Å². The average Bonchev–Trinajstić information content (AvgIpc) is 2.73. The first-order chi connectivity index (χ1) is 7.02. The van der Waals surface area contributed by atoms with Crippen LogP contribution >= 0.6 is 0 Å². The topological polar surface area (TPSA) is 58.2 Å². The molecule has 0 bridgehead atoms. The van der Waals surface area contributed by atoms with E-state index in [1.807, 2.05) is 6.92 Å². The summed E-state index contributed by atoms with van der Waals surface area (Å²) < 4.78 is 27.0. The van der Waals surface area contributed by atoms with Crippen LogP contribution in [0.25, 0.3) is 0 Å². The highest BCUT2D eigenvalue weighted by Gasteiger charge is 2.37. The van der Waals surface area contributed by atoms with E-state index in [2.05, 4.69) is 10.0 Å². The van der Waals surface area contributed by atoms with Gasteiger partial charge in [-0.3, -0.25) is 0 Å². The Balaban J connectivity index is 2.03. The SMILES string of the molecule is CC1(NS(=O)(=O)C2CCCC2)CCNC1. The minimum Gasteiger partial charge on any atom is -0.315 e. The van der Waals surface area contributed by atoms with Crippen molar-refractivity contribution in [1.29, 1.82) is 0 Å². The van der Waals surface area contributed by atoms with Crippen molar-refractivity contribution in [2.24, 2.45) is 0 Å². The Morgan fingerprint density at radius 2 is 2.00 bits per heavy atom. The average molecular weight is 232 g/mol. The summed E-state index contributed by atoms with van der Waals surface area (Å²) in [4.78, 5) is 0. The second-order valence-electron chi connectivity index (χ2n) is 5.04. The number of rotatable bonds is 3. The fourth-order valence-corrected chi connectivity index (χ4v) is 4.51. The van der Waals surface area contributed by atoms with Gasteiger partial charge in [-0.15, -0.1) is 0 Å². The Bertz CT molecular complexity index is 314. The number of hydrogen-bond acceptors (Lipinski definition) is 3. The maximum atomic E-state index is 12.1. The van der Waals surface area contributed by atoms with Gasteiger partial charge in [0.2, 0.25) is 10.0 Å². The molecule has 1 saturated carbocycles. The fourth-order valence-electron chi connectivity index (χ4n) is 2.53. The van der Waals surface area contributed by atoms with Gasteiger partial charge in [-0.1, -0.05) is 12.8 Å². The first-order valence-electron chi connectivity index (χ1n) is 5.75. The predicted octanol–water partition coefficient (Wildman–Crippen LogP) is 0.600. The summed E-state index contributed by atoms with van der Waals surface area (Å²) in [6.07, 6.45) is 4.66. The summed E-state index contributed by atoms with van der Waals surface area (Å²) in [5.74, 6) is 0. The van der Waals surface area contributed by atoms with E-state index >= 15 is 0 Å². The molecule has 2 aliphatic rings. The second kappa shape index (κ2) is 4.03. The molecule has 0 spiro atoms. The third kappa shape index (κ3) is 2.52. The Morgan fingerprint density at radius 1 is 1.33 bits per heavy atom. The summed E-state index contributed by atoms with van der Waals surface area (Å²) in [7, 11) is -3.09. The highest BCUT2D eigenvalue weighted by atomic mass is 32.2. The lowest BCUT2D eigenvalue weighted by Gasteiger charge is -2.26. The molecule has 1 unspecified atom stereocenters. The minimum absolute atomic E-state index is 0.144. The summed E-state index contributed by atoms with van der Waals surface area (Å²) in [6, 6.07) is 0. The molecule has 1 heterocycles. The molecule has 2 rings (SSSR count). The Kier molecular flexibility index (Phi) is 3.05. The normalized spacial score (nSPS) is 33.7. The molecule has 5 heteroatoms. The van der Waals surface area contributed by atoms with Gasteiger partial charge >= 0.3 is 0 Å². The van der Waals surface area contributed by atoms with E-state index in [1.165, 1.54) is 0 Å². The van der Waals surface area contributed by atoms with E-state index in [-0.39, 0.29) is 10.8 Å². The third-order valence-corrected chi connectivity index (χ3v) is 5.62. The van der Waals surface area contributed by atoms with Crippen molar-refractivity contribution >= 4 is 10.0 Å². The van der Waals surface area contributed by atoms with Crippen molar-refractivity contribution in [1.82, 2.24) is 10.0 Å². The Hall–Kier alpha value is -0.130. The van der Waals surface area contributed by atoms with Crippen LogP contribution in [0.15, 0.2) is 0 Å². The molecule has 2 N–H and O–H groups in total. The van der Waals surface area contributed by atoms with Crippen LogP contribution in [0.2, 0.25) is 0 Å². The van der Waals surface area contributed by atoms with Crippen LogP contribution in [0.5, 0.6) is 0 Å². The lowest BCUT2D eigenvalue weighted by atomic mass is 10.0. The molecule has 0 aromatic carbocycles. The van der Waals surface area contributed by atoms with Crippen LogP contribution in [0.4, 0.5) is 0 Å². The highest BCUT2D eigenvalue weighted by Crippen LogP contribution is 2.26. The van der Waals surface area contributed by atoms with Gasteiger partial charge in [0.05, 0.1) is 5.25 Å². The van der Waals surface area contributed by atoms with Gasteiger partial charge < -0.3 is 5.32 Å². The van der Waals surface area contributed by atoms with Crippen molar-refractivity contribution in [3.8, 4) is 0 Å². The van der Waals surface area contributed by atoms with Gasteiger partial charge in [-0.2, -0.15) is 0 Å². The molecular weight excluding hydrogens is 212 g/mol. The minimum atomic E-state index is -3.09. The van der Waals surface area contributed by atoms with E-state index in [4.69, 9.17) is 0 Å². The maximum absolute atomic E-state index is 12.1. The molecule has 1 aliphatic heterocycles. The molecule has 4 nitrogen and oxygen atoms in total. The van der Waals surface area contributed by atoms with E-state index in [9.17, 15) is 8.42 Å². The van der Waals surface area contributed by atoms with Crippen molar-refractivity contribution < 1.29 is 8.42 Å². The monoisotopic (exact) mass is 232 g/mol. The van der Waals surface area contributed by atoms with Crippen LogP contribution in [0, 0.1) is 0 Å². The number of hydrogen-bond donors (Lipinski definition) is 2. The van der Waals surface area contributed by atoms with E-state index < -0.39 is 10.0 Å². The van der Waals surface area contributed by atoms with E-state index in [0.29, 0.717) is 0 Å². The summed E-state index contributed by atoms with van der Waals surface area (Å²) in [5, 5.41) is 3.06. The molecule has 1 saturated heterocycles. The predicted molar refractivity (Wildman–Crippen MR) is 60.2 cm³/mol.